The predicted molar refractivity (Wildman–Crippen MR) is 154 cm³/mol. The first-order valence-corrected chi connectivity index (χ1v) is 14.0. The molecule has 0 saturated carbocycles. The molecule has 8 nitrogen and oxygen atoms in total. The highest BCUT2D eigenvalue weighted by atomic mass is 16.5. The van der Waals surface area contributed by atoms with E-state index in [1.165, 1.54) is 0 Å². The summed E-state index contributed by atoms with van der Waals surface area (Å²) in [4.78, 5) is 33.7. The van der Waals surface area contributed by atoms with E-state index in [9.17, 15) is 9.59 Å². The number of anilines is 1. The van der Waals surface area contributed by atoms with Crippen LogP contribution in [0.25, 0.3) is 0 Å². The minimum Gasteiger partial charge on any atom is -0.484 e. The van der Waals surface area contributed by atoms with Crippen molar-refractivity contribution in [1.29, 1.82) is 0 Å². The molecule has 0 spiro atoms. The number of hydrogen-bond acceptors (Lipinski definition) is 5. The number of hydrogen-bond donors (Lipinski definition) is 0. The van der Waals surface area contributed by atoms with Gasteiger partial charge >= 0.3 is 0 Å². The van der Waals surface area contributed by atoms with Crippen LogP contribution in [0.4, 0.5) is 5.69 Å². The second-order valence-electron chi connectivity index (χ2n) is 10.4. The summed E-state index contributed by atoms with van der Waals surface area (Å²) in [5.41, 5.74) is 3.43. The van der Waals surface area contributed by atoms with Gasteiger partial charge in [0.15, 0.2) is 6.61 Å². The minimum absolute atomic E-state index is 0.0401. The van der Waals surface area contributed by atoms with Crippen LogP contribution in [0.15, 0.2) is 60.8 Å². The van der Waals surface area contributed by atoms with Crippen LogP contribution in [0.5, 0.6) is 5.75 Å². The Labute approximate surface area is 232 Å². The Morgan fingerprint density at radius 1 is 0.974 bits per heavy atom. The summed E-state index contributed by atoms with van der Waals surface area (Å²) in [7, 11) is 0. The van der Waals surface area contributed by atoms with Crippen molar-refractivity contribution < 1.29 is 14.3 Å². The van der Waals surface area contributed by atoms with Crippen molar-refractivity contribution >= 4 is 17.5 Å². The largest absolute Gasteiger partial charge is 0.484 e. The highest BCUT2D eigenvalue weighted by Crippen LogP contribution is 2.28. The van der Waals surface area contributed by atoms with E-state index in [1.807, 2.05) is 65.3 Å². The Bertz CT molecular complexity index is 1240. The molecule has 39 heavy (non-hydrogen) atoms. The number of aryl methyl sites for hydroxylation is 2. The molecule has 208 valence electrons. The van der Waals surface area contributed by atoms with E-state index in [0.717, 1.165) is 42.7 Å². The van der Waals surface area contributed by atoms with Crippen LogP contribution >= 0.6 is 0 Å². The third-order valence-corrected chi connectivity index (χ3v) is 7.23. The summed E-state index contributed by atoms with van der Waals surface area (Å²) in [6.45, 7) is 12.3. The first-order chi connectivity index (χ1) is 18.9. The lowest BCUT2D eigenvalue weighted by Crippen LogP contribution is -2.42. The van der Waals surface area contributed by atoms with Crippen molar-refractivity contribution in [3.63, 3.8) is 0 Å². The molecule has 0 bridgehead atoms. The molecule has 1 aliphatic rings. The molecule has 4 rings (SSSR count). The van der Waals surface area contributed by atoms with Gasteiger partial charge in [-0.15, -0.1) is 0 Å². The molecule has 0 atom stereocenters. The number of aromatic nitrogens is 2. The summed E-state index contributed by atoms with van der Waals surface area (Å²) < 4.78 is 7.65. The topological polar surface area (TPSA) is 70.9 Å². The number of fused-ring (bicyclic) bond motifs is 1. The number of carbonyl (C=O) groups excluding carboxylic acids is 2. The maximum absolute atomic E-state index is 13.9. The highest BCUT2D eigenvalue weighted by Gasteiger charge is 2.27. The molecule has 2 aromatic carbocycles. The number of ether oxygens (including phenoxy) is 1. The molecule has 1 aliphatic heterocycles. The summed E-state index contributed by atoms with van der Waals surface area (Å²) in [5, 5.41) is 4.39. The fourth-order valence-electron chi connectivity index (χ4n) is 5.17. The summed E-state index contributed by atoms with van der Waals surface area (Å²) >= 11 is 0. The van der Waals surface area contributed by atoms with E-state index >= 15 is 0 Å². The zero-order valence-electron chi connectivity index (χ0n) is 23.7. The summed E-state index contributed by atoms with van der Waals surface area (Å²) in [6.07, 6.45) is 3.41. The van der Waals surface area contributed by atoms with Crippen molar-refractivity contribution in [3.05, 3.63) is 77.6 Å². The Kier molecular flexibility index (Phi) is 9.76. The fraction of sp³-hybridized carbons (Fsp3) is 0.452. The maximum atomic E-state index is 13.9. The number of amides is 2. The average Bonchev–Trinajstić information content (AvgIpc) is 3.38. The zero-order chi connectivity index (χ0) is 27.8. The molecule has 0 aliphatic carbocycles. The molecule has 1 aromatic heterocycles. The lowest BCUT2D eigenvalue weighted by atomic mass is 10.0. The molecule has 2 amide bonds. The molecule has 0 fully saturated rings. The number of benzene rings is 2. The van der Waals surface area contributed by atoms with Gasteiger partial charge in [-0.25, -0.2) is 0 Å². The van der Waals surface area contributed by atoms with Gasteiger partial charge in [-0.3, -0.25) is 19.2 Å². The highest BCUT2D eigenvalue weighted by molar-refractivity contribution is 5.96. The van der Waals surface area contributed by atoms with E-state index in [0.29, 0.717) is 43.7 Å². The van der Waals surface area contributed by atoms with E-state index in [1.54, 1.807) is 16.9 Å². The Hall–Kier alpha value is -3.65. The first kappa shape index (κ1) is 28.4. The smallest absolute Gasteiger partial charge is 0.272 e. The first-order valence-electron chi connectivity index (χ1n) is 14.0. The fourth-order valence-corrected chi connectivity index (χ4v) is 5.17. The van der Waals surface area contributed by atoms with E-state index in [-0.39, 0.29) is 18.4 Å². The SMILES string of the molecule is CCCn1nccc1C(=O)N1CCN(C(C)C)CCCN(C(=O)COc2ccccc2)c2c(C)cccc2C1. The Morgan fingerprint density at radius 2 is 1.77 bits per heavy atom. The van der Waals surface area contributed by atoms with Gasteiger partial charge in [-0.2, -0.15) is 5.10 Å². The quantitative estimate of drug-likeness (QED) is 0.439. The van der Waals surface area contributed by atoms with Gasteiger partial charge in [0.1, 0.15) is 11.4 Å². The number of rotatable bonds is 7. The molecule has 8 heteroatoms. The molecule has 0 unspecified atom stereocenters. The molecular weight excluding hydrogens is 490 g/mol. The van der Waals surface area contributed by atoms with E-state index < -0.39 is 0 Å². The van der Waals surface area contributed by atoms with Gasteiger partial charge in [0, 0.05) is 51.5 Å². The number of para-hydroxylation sites is 2. The van der Waals surface area contributed by atoms with Gasteiger partial charge in [-0.1, -0.05) is 43.3 Å². The molecule has 0 saturated heterocycles. The van der Waals surface area contributed by atoms with Gasteiger partial charge in [-0.05, 0) is 62.9 Å². The van der Waals surface area contributed by atoms with Gasteiger partial charge in [0.2, 0.25) is 0 Å². The van der Waals surface area contributed by atoms with E-state index in [4.69, 9.17) is 4.74 Å². The predicted octanol–water partition coefficient (Wildman–Crippen LogP) is 4.77. The molecular formula is C31H41N5O3. The molecule has 0 N–H and O–H groups in total. The Balaban J connectivity index is 1.68. The zero-order valence-corrected chi connectivity index (χ0v) is 23.7. The van der Waals surface area contributed by atoms with Crippen molar-refractivity contribution in [2.24, 2.45) is 0 Å². The molecule has 0 radical (unpaired) electrons. The second-order valence-corrected chi connectivity index (χ2v) is 10.4. The maximum Gasteiger partial charge on any atom is 0.272 e. The van der Waals surface area contributed by atoms with Gasteiger partial charge < -0.3 is 14.5 Å². The van der Waals surface area contributed by atoms with Crippen LogP contribution in [0.3, 0.4) is 0 Å². The summed E-state index contributed by atoms with van der Waals surface area (Å²) in [5.74, 6) is 0.533. The molecule has 3 aromatic rings. The van der Waals surface area contributed by atoms with Gasteiger partial charge in [0.05, 0.1) is 5.69 Å². The van der Waals surface area contributed by atoms with E-state index in [2.05, 4.69) is 30.8 Å². The summed E-state index contributed by atoms with van der Waals surface area (Å²) in [6, 6.07) is 17.6. The molecule has 2 heterocycles. The van der Waals surface area contributed by atoms with Crippen molar-refractivity contribution in [3.8, 4) is 5.75 Å². The van der Waals surface area contributed by atoms with Gasteiger partial charge in [0.25, 0.3) is 11.8 Å². The second kappa shape index (κ2) is 13.4. The average molecular weight is 532 g/mol. The van der Waals surface area contributed by atoms with Crippen LogP contribution in [0.1, 0.15) is 55.2 Å². The standard InChI is InChI=1S/C31H41N5O3/c1-5-17-36-28(15-16-32-36)31(38)34-21-20-33(24(2)3)18-10-19-35(30-25(4)11-9-12-26(30)22-34)29(37)23-39-27-13-7-6-8-14-27/h6-9,11-16,24H,5,10,17-23H2,1-4H3. The van der Waals surface area contributed by atoms with Crippen LogP contribution < -0.4 is 9.64 Å². The Morgan fingerprint density at radius 3 is 2.51 bits per heavy atom. The van der Waals surface area contributed by atoms with Crippen molar-refractivity contribution in [1.82, 2.24) is 19.6 Å². The monoisotopic (exact) mass is 531 g/mol. The van der Waals surface area contributed by atoms with Crippen molar-refractivity contribution in [2.75, 3.05) is 37.7 Å². The number of nitrogens with zero attached hydrogens (tertiary/aromatic N) is 5. The lowest BCUT2D eigenvalue weighted by Gasteiger charge is -2.30. The van der Waals surface area contributed by atoms with Crippen LogP contribution in [-0.4, -0.2) is 70.2 Å². The third kappa shape index (κ3) is 7.06. The minimum atomic E-state index is -0.0938. The third-order valence-electron chi connectivity index (χ3n) is 7.23. The van der Waals surface area contributed by atoms with Crippen LogP contribution in [0.2, 0.25) is 0 Å². The van der Waals surface area contributed by atoms with Crippen LogP contribution in [0, 0.1) is 6.92 Å². The number of carbonyl (C=O) groups is 2. The normalized spacial score (nSPS) is 15.1. The van der Waals surface area contributed by atoms with Crippen LogP contribution in [-0.2, 0) is 17.9 Å². The lowest BCUT2D eigenvalue weighted by molar-refractivity contribution is -0.120. The van der Waals surface area contributed by atoms with Crippen molar-refractivity contribution in [2.45, 2.75) is 59.7 Å².